The number of ether oxygens (including phenoxy) is 1. The molecule has 0 saturated heterocycles. The lowest BCUT2D eigenvalue weighted by Crippen LogP contribution is -2.26. The first kappa shape index (κ1) is 17.3. The predicted molar refractivity (Wildman–Crippen MR) is 98.2 cm³/mol. The Morgan fingerprint density at radius 2 is 1.83 bits per heavy atom. The quantitative estimate of drug-likeness (QED) is 0.607. The molecule has 0 saturated carbocycles. The zero-order valence-electron chi connectivity index (χ0n) is 13.8. The van der Waals surface area contributed by atoms with Gasteiger partial charge in [-0.3, -0.25) is 4.79 Å². The number of anilines is 1. The largest absolute Gasteiger partial charge is 0.497 e. The van der Waals surface area contributed by atoms with Crippen LogP contribution in [0.5, 0.6) is 5.75 Å². The molecule has 2 rings (SSSR count). The fraction of sp³-hybridized carbons (Fsp3) is 0.158. The standard InChI is InChI=1S/C19H21N3O2/c1-15(8-9-16-6-4-3-5-7-16)21-22-19(23)14-20-17-10-12-18(24-2)13-11-17/h3-13,20H,14H2,1-2H3,(H,22,23)/b9-8+,21-15?. The summed E-state index contributed by atoms with van der Waals surface area (Å²) in [6.07, 6.45) is 3.80. The van der Waals surface area contributed by atoms with Crippen molar-refractivity contribution in [3.63, 3.8) is 0 Å². The number of hydrazone groups is 1. The van der Waals surface area contributed by atoms with Crippen LogP contribution >= 0.6 is 0 Å². The highest BCUT2D eigenvalue weighted by molar-refractivity contribution is 5.97. The first-order valence-electron chi connectivity index (χ1n) is 7.61. The minimum atomic E-state index is -0.210. The van der Waals surface area contributed by atoms with Crippen molar-refractivity contribution in [2.75, 3.05) is 19.0 Å². The van der Waals surface area contributed by atoms with Crippen LogP contribution in [0.3, 0.4) is 0 Å². The van der Waals surface area contributed by atoms with E-state index in [0.29, 0.717) is 0 Å². The molecule has 2 aromatic carbocycles. The van der Waals surface area contributed by atoms with Gasteiger partial charge in [0, 0.05) is 5.69 Å². The summed E-state index contributed by atoms with van der Waals surface area (Å²) in [5.74, 6) is 0.564. The number of hydrogen-bond donors (Lipinski definition) is 2. The van der Waals surface area contributed by atoms with Gasteiger partial charge in [0.15, 0.2) is 0 Å². The number of benzene rings is 2. The van der Waals surface area contributed by atoms with Gasteiger partial charge in [-0.15, -0.1) is 0 Å². The van der Waals surface area contributed by atoms with E-state index in [0.717, 1.165) is 22.7 Å². The number of allylic oxidation sites excluding steroid dienone is 1. The van der Waals surface area contributed by atoms with Gasteiger partial charge in [0.25, 0.3) is 5.91 Å². The maximum absolute atomic E-state index is 11.8. The Hall–Kier alpha value is -3.08. The number of carbonyl (C=O) groups excluding carboxylic acids is 1. The molecule has 0 aromatic heterocycles. The molecule has 124 valence electrons. The molecule has 0 bridgehead atoms. The molecule has 0 unspecified atom stereocenters. The third-order valence-corrected chi connectivity index (χ3v) is 3.22. The highest BCUT2D eigenvalue weighted by atomic mass is 16.5. The van der Waals surface area contributed by atoms with Gasteiger partial charge >= 0.3 is 0 Å². The molecule has 1 amide bonds. The number of nitrogens with one attached hydrogen (secondary N) is 2. The molecule has 5 nitrogen and oxygen atoms in total. The van der Waals surface area contributed by atoms with Crippen LogP contribution in [0.4, 0.5) is 5.69 Å². The third kappa shape index (κ3) is 5.96. The lowest BCUT2D eigenvalue weighted by Gasteiger charge is -2.06. The summed E-state index contributed by atoms with van der Waals surface area (Å²) in [6.45, 7) is 1.97. The minimum Gasteiger partial charge on any atom is -0.497 e. The molecule has 0 spiro atoms. The molecular formula is C19H21N3O2. The first-order valence-corrected chi connectivity index (χ1v) is 7.61. The van der Waals surface area contributed by atoms with Gasteiger partial charge in [-0.25, -0.2) is 5.43 Å². The Bertz CT molecular complexity index is 707. The summed E-state index contributed by atoms with van der Waals surface area (Å²) in [6, 6.07) is 17.3. The van der Waals surface area contributed by atoms with Crippen LogP contribution in [0.15, 0.2) is 65.8 Å². The highest BCUT2D eigenvalue weighted by Gasteiger charge is 2.00. The Morgan fingerprint density at radius 1 is 1.12 bits per heavy atom. The van der Waals surface area contributed by atoms with Gasteiger partial charge in [0.1, 0.15) is 5.75 Å². The molecule has 0 aliphatic rings. The number of methoxy groups -OCH3 is 1. The molecule has 0 atom stereocenters. The topological polar surface area (TPSA) is 62.7 Å². The van der Waals surface area contributed by atoms with E-state index in [1.165, 1.54) is 0 Å². The molecule has 2 aromatic rings. The van der Waals surface area contributed by atoms with E-state index in [2.05, 4.69) is 15.8 Å². The number of hydrogen-bond acceptors (Lipinski definition) is 4. The summed E-state index contributed by atoms with van der Waals surface area (Å²) in [5, 5.41) is 7.07. The zero-order valence-corrected chi connectivity index (χ0v) is 13.8. The van der Waals surface area contributed by atoms with Crippen molar-refractivity contribution >= 4 is 23.4 Å². The summed E-state index contributed by atoms with van der Waals surface area (Å²) in [5.41, 5.74) is 5.17. The average Bonchev–Trinajstić information content (AvgIpc) is 2.64. The molecule has 0 aliphatic carbocycles. The molecule has 0 aliphatic heterocycles. The number of rotatable bonds is 7. The van der Waals surface area contributed by atoms with Gasteiger partial charge in [0.2, 0.25) is 0 Å². The lowest BCUT2D eigenvalue weighted by molar-refractivity contribution is -0.119. The first-order chi connectivity index (χ1) is 11.7. The van der Waals surface area contributed by atoms with Crippen molar-refractivity contribution < 1.29 is 9.53 Å². The fourth-order valence-corrected chi connectivity index (χ4v) is 1.90. The van der Waals surface area contributed by atoms with Crippen molar-refractivity contribution in [1.29, 1.82) is 0 Å². The van der Waals surface area contributed by atoms with Crippen LogP contribution in [0.1, 0.15) is 12.5 Å². The molecule has 2 N–H and O–H groups in total. The smallest absolute Gasteiger partial charge is 0.259 e. The molecule has 0 fully saturated rings. The Balaban J connectivity index is 1.77. The lowest BCUT2D eigenvalue weighted by atomic mass is 10.2. The average molecular weight is 323 g/mol. The SMILES string of the molecule is COc1ccc(NCC(=O)NN=C(C)/C=C/c2ccccc2)cc1. The van der Waals surface area contributed by atoms with Crippen molar-refractivity contribution in [3.05, 3.63) is 66.2 Å². The van der Waals surface area contributed by atoms with Crippen LogP contribution in [0, 0.1) is 0 Å². The van der Waals surface area contributed by atoms with Crippen LogP contribution in [-0.2, 0) is 4.79 Å². The highest BCUT2D eigenvalue weighted by Crippen LogP contribution is 2.14. The third-order valence-electron chi connectivity index (χ3n) is 3.22. The number of nitrogens with zero attached hydrogens (tertiary/aromatic N) is 1. The Kier molecular flexibility index (Phi) is 6.58. The van der Waals surface area contributed by atoms with E-state index in [-0.39, 0.29) is 12.5 Å². The van der Waals surface area contributed by atoms with Crippen LogP contribution in [0.2, 0.25) is 0 Å². The molecule has 5 heteroatoms. The minimum absolute atomic E-state index is 0.144. The second-order valence-corrected chi connectivity index (χ2v) is 5.11. The maximum atomic E-state index is 11.8. The molecule has 0 heterocycles. The normalized spacial score (nSPS) is 11.3. The van der Waals surface area contributed by atoms with Gasteiger partial charge in [0.05, 0.1) is 19.4 Å². The van der Waals surface area contributed by atoms with E-state index in [4.69, 9.17) is 4.74 Å². The summed E-state index contributed by atoms with van der Waals surface area (Å²) >= 11 is 0. The number of amides is 1. The van der Waals surface area contributed by atoms with Gasteiger partial charge in [-0.2, -0.15) is 5.10 Å². The van der Waals surface area contributed by atoms with E-state index in [1.54, 1.807) is 7.11 Å². The Morgan fingerprint density at radius 3 is 2.50 bits per heavy atom. The van der Waals surface area contributed by atoms with Crippen LogP contribution in [-0.4, -0.2) is 25.3 Å². The van der Waals surface area contributed by atoms with Crippen LogP contribution < -0.4 is 15.5 Å². The fourth-order valence-electron chi connectivity index (χ4n) is 1.90. The van der Waals surface area contributed by atoms with E-state index < -0.39 is 0 Å². The Labute approximate surface area is 142 Å². The summed E-state index contributed by atoms with van der Waals surface area (Å²) in [7, 11) is 1.61. The predicted octanol–water partition coefficient (Wildman–Crippen LogP) is 3.31. The van der Waals surface area contributed by atoms with Crippen molar-refractivity contribution in [3.8, 4) is 5.75 Å². The zero-order chi connectivity index (χ0) is 17.2. The van der Waals surface area contributed by atoms with Crippen molar-refractivity contribution in [1.82, 2.24) is 5.43 Å². The molecule has 0 radical (unpaired) electrons. The molecular weight excluding hydrogens is 302 g/mol. The summed E-state index contributed by atoms with van der Waals surface area (Å²) in [4.78, 5) is 11.8. The van der Waals surface area contributed by atoms with Gasteiger partial charge < -0.3 is 10.1 Å². The van der Waals surface area contributed by atoms with Crippen LogP contribution in [0.25, 0.3) is 6.08 Å². The van der Waals surface area contributed by atoms with E-state index >= 15 is 0 Å². The van der Waals surface area contributed by atoms with Gasteiger partial charge in [-0.05, 0) is 42.8 Å². The molecule has 24 heavy (non-hydrogen) atoms. The maximum Gasteiger partial charge on any atom is 0.259 e. The second-order valence-electron chi connectivity index (χ2n) is 5.11. The second kappa shape index (κ2) is 9.15. The van der Waals surface area contributed by atoms with Crippen molar-refractivity contribution in [2.45, 2.75) is 6.92 Å². The van der Waals surface area contributed by atoms with Gasteiger partial charge in [-0.1, -0.05) is 36.4 Å². The van der Waals surface area contributed by atoms with Crippen molar-refractivity contribution in [2.24, 2.45) is 5.10 Å². The summed E-state index contributed by atoms with van der Waals surface area (Å²) < 4.78 is 5.08. The monoisotopic (exact) mass is 323 g/mol. The van der Waals surface area contributed by atoms with E-state index in [9.17, 15) is 4.79 Å². The van der Waals surface area contributed by atoms with E-state index in [1.807, 2.05) is 73.7 Å². The number of carbonyl (C=O) groups is 1.